The molecule has 21 heavy (non-hydrogen) atoms. The molecule has 1 unspecified atom stereocenters. The second-order valence-corrected chi connectivity index (χ2v) is 4.68. The van der Waals surface area contributed by atoms with Gasteiger partial charge in [-0.05, 0) is 30.7 Å². The zero-order chi connectivity index (χ0) is 15.6. The maximum Gasteiger partial charge on any atom is 0.328 e. The van der Waals surface area contributed by atoms with E-state index in [1.54, 1.807) is 6.92 Å². The monoisotopic (exact) mass is 295 g/mol. The first-order valence-electron chi connectivity index (χ1n) is 6.22. The van der Waals surface area contributed by atoms with Gasteiger partial charge in [0, 0.05) is 12.2 Å². The number of hydrogen-bond donors (Lipinski definition) is 3. The van der Waals surface area contributed by atoms with Gasteiger partial charge in [0.15, 0.2) is 0 Å². The lowest BCUT2D eigenvalue weighted by molar-refractivity contribution is -0.144. The van der Waals surface area contributed by atoms with Crippen molar-refractivity contribution >= 4 is 23.6 Å². The molecular weight excluding hydrogens is 281 g/mol. The number of carboxylic acids is 1. The zero-order valence-corrected chi connectivity index (χ0v) is 11.2. The predicted octanol–water partition coefficient (Wildman–Crippen LogP) is 0.551. The van der Waals surface area contributed by atoms with Crippen molar-refractivity contribution < 1.29 is 23.9 Å². The van der Waals surface area contributed by atoms with Gasteiger partial charge in [0.1, 0.15) is 18.4 Å². The van der Waals surface area contributed by atoms with Crippen LogP contribution in [-0.4, -0.2) is 47.0 Å². The van der Waals surface area contributed by atoms with Gasteiger partial charge in [-0.3, -0.25) is 9.69 Å². The Hall–Kier alpha value is -2.64. The number of halogens is 1. The Bertz CT molecular complexity index is 605. The van der Waals surface area contributed by atoms with Gasteiger partial charge in [0.25, 0.3) is 0 Å². The SMILES string of the molecule is Cc1cc(F)ccc1NC(=O)N1CC(=O)NCC1C(=O)O. The summed E-state index contributed by atoms with van der Waals surface area (Å²) in [6, 6.07) is 1.95. The number of amides is 3. The second kappa shape index (κ2) is 5.78. The van der Waals surface area contributed by atoms with Crippen molar-refractivity contribution in [2.45, 2.75) is 13.0 Å². The van der Waals surface area contributed by atoms with Crippen molar-refractivity contribution in [1.29, 1.82) is 0 Å². The summed E-state index contributed by atoms with van der Waals surface area (Å²) in [5.74, 6) is -2.08. The fourth-order valence-electron chi connectivity index (χ4n) is 2.03. The highest BCUT2D eigenvalue weighted by molar-refractivity contribution is 5.96. The van der Waals surface area contributed by atoms with Crippen molar-refractivity contribution in [2.24, 2.45) is 0 Å². The number of aliphatic carboxylic acids is 1. The lowest BCUT2D eigenvalue weighted by atomic mass is 10.2. The number of carboxylic acid groups (broad SMARTS) is 1. The van der Waals surface area contributed by atoms with E-state index in [2.05, 4.69) is 10.6 Å². The normalized spacial score (nSPS) is 18.1. The molecular formula is C13H14FN3O4. The summed E-state index contributed by atoms with van der Waals surface area (Å²) in [4.78, 5) is 35.5. The van der Waals surface area contributed by atoms with Crippen LogP contribution < -0.4 is 10.6 Å². The summed E-state index contributed by atoms with van der Waals surface area (Å²) in [6.45, 7) is 1.11. The number of nitrogens with one attached hydrogen (secondary N) is 2. The minimum absolute atomic E-state index is 0.149. The molecule has 0 radical (unpaired) electrons. The van der Waals surface area contributed by atoms with Crippen LogP contribution in [0, 0.1) is 12.7 Å². The molecule has 1 aromatic rings. The molecule has 2 rings (SSSR count). The predicted molar refractivity (Wildman–Crippen MR) is 71.3 cm³/mol. The lowest BCUT2D eigenvalue weighted by Gasteiger charge is -2.32. The highest BCUT2D eigenvalue weighted by Gasteiger charge is 2.35. The molecule has 7 nitrogen and oxygen atoms in total. The van der Waals surface area contributed by atoms with Gasteiger partial charge in [-0.15, -0.1) is 0 Å². The Morgan fingerprint density at radius 2 is 2.19 bits per heavy atom. The summed E-state index contributed by atoms with van der Waals surface area (Å²) in [5, 5.41) is 14.0. The second-order valence-electron chi connectivity index (χ2n) is 4.68. The van der Waals surface area contributed by atoms with Crippen molar-refractivity contribution in [2.75, 3.05) is 18.4 Å². The molecule has 1 heterocycles. The van der Waals surface area contributed by atoms with Crippen LogP contribution in [0.25, 0.3) is 0 Å². The Kier molecular flexibility index (Phi) is 4.06. The number of piperazine rings is 1. The number of benzene rings is 1. The van der Waals surface area contributed by atoms with E-state index >= 15 is 0 Å². The maximum absolute atomic E-state index is 13.0. The molecule has 0 bridgehead atoms. The molecule has 0 saturated carbocycles. The van der Waals surface area contributed by atoms with Crippen LogP contribution in [0.5, 0.6) is 0 Å². The number of carbonyl (C=O) groups is 3. The highest BCUT2D eigenvalue weighted by Crippen LogP contribution is 2.17. The lowest BCUT2D eigenvalue weighted by Crippen LogP contribution is -2.60. The topological polar surface area (TPSA) is 98.7 Å². The van der Waals surface area contributed by atoms with Crippen LogP contribution in [-0.2, 0) is 9.59 Å². The van der Waals surface area contributed by atoms with Gasteiger partial charge in [-0.25, -0.2) is 14.0 Å². The van der Waals surface area contributed by atoms with E-state index in [-0.39, 0.29) is 13.1 Å². The van der Waals surface area contributed by atoms with Crippen LogP contribution in [0.15, 0.2) is 18.2 Å². The summed E-state index contributed by atoms with van der Waals surface area (Å²) in [5.41, 5.74) is 0.855. The third-order valence-electron chi connectivity index (χ3n) is 3.16. The average Bonchev–Trinajstić information content (AvgIpc) is 2.41. The van der Waals surface area contributed by atoms with E-state index in [0.717, 1.165) is 4.90 Å². The molecule has 1 aromatic carbocycles. The Balaban J connectivity index is 2.17. The van der Waals surface area contributed by atoms with Crippen molar-refractivity contribution in [3.05, 3.63) is 29.6 Å². The number of aryl methyl sites for hydroxylation is 1. The average molecular weight is 295 g/mol. The van der Waals surface area contributed by atoms with E-state index in [4.69, 9.17) is 5.11 Å². The third-order valence-corrected chi connectivity index (χ3v) is 3.16. The number of rotatable bonds is 2. The van der Waals surface area contributed by atoms with E-state index in [1.807, 2.05) is 0 Å². The molecule has 0 aliphatic carbocycles. The summed E-state index contributed by atoms with van der Waals surface area (Å²) >= 11 is 0. The first-order valence-corrected chi connectivity index (χ1v) is 6.22. The van der Waals surface area contributed by atoms with Crippen LogP contribution in [0.1, 0.15) is 5.56 Å². The van der Waals surface area contributed by atoms with Gasteiger partial charge in [-0.2, -0.15) is 0 Å². The Morgan fingerprint density at radius 3 is 2.81 bits per heavy atom. The first kappa shape index (κ1) is 14.8. The van der Waals surface area contributed by atoms with E-state index in [1.165, 1.54) is 18.2 Å². The summed E-state index contributed by atoms with van der Waals surface area (Å²) in [6.07, 6.45) is 0. The number of nitrogens with zero attached hydrogens (tertiary/aromatic N) is 1. The maximum atomic E-state index is 13.0. The van der Waals surface area contributed by atoms with Gasteiger partial charge in [0.2, 0.25) is 5.91 Å². The summed E-state index contributed by atoms with van der Waals surface area (Å²) in [7, 11) is 0. The van der Waals surface area contributed by atoms with Gasteiger partial charge >= 0.3 is 12.0 Å². The van der Waals surface area contributed by atoms with Crippen molar-refractivity contribution in [3.8, 4) is 0 Å². The molecule has 112 valence electrons. The number of carbonyl (C=O) groups excluding carboxylic acids is 2. The van der Waals surface area contributed by atoms with Crippen LogP contribution >= 0.6 is 0 Å². The van der Waals surface area contributed by atoms with Gasteiger partial charge < -0.3 is 15.7 Å². The van der Waals surface area contributed by atoms with Crippen LogP contribution in [0.2, 0.25) is 0 Å². The van der Waals surface area contributed by atoms with Gasteiger partial charge in [-0.1, -0.05) is 0 Å². The van der Waals surface area contributed by atoms with E-state index in [9.17, 15) is 18.8 Å². The van der Waals surface area contributed by atoms with Crippen LogP contribution in [0.4, 0.5) is 14.9 Å². The quantitative estimate of drug-likeness (QED) is 0.742. The van der Waals surface area contributed by atoms with E-state index < -0.39 is 29.8 Å². The van der Waals surface area contributed by atoms with Crippen LogP contribution in [0.3, 0.4) is 0 Å². The molecule has 1 fully saturated rings. The number of hydrogen-bond acceptors (Lipinski definition) is 3. The summed E-state index contributed by atoms with van der Waals surface area (Å²) < 4.78 is 13.0. The minimum Gasteiger partial charge on any atom is -0.480 e. The molecule has 0 aromatic heterocycles. The molecule has 3 amide bonds. The molecule has 0 spiro atoms. The minimum atomic E-state index is -1.21. The smallest absolute Gasteiger partial charge is 0.328 e. The number of anilines is 1. The van der Waals surface area contributed by atoms with E-state index in [0.29, 0.717) is 11.3 Å². The fourth-order valence-corrected chi connectivity index (χ4v) is 2.03. The van der Waals surface area contributed by atoms with Crippen molar-refractivity contribution in [3.63, 3.8) is 0 Å². The standard InChI is InChI=1S/C13H14FN3O4/c1-7-4-8(14)2-3-9(7)16-13(21)17-6-11(18)15-5-10(17)12(19)20/h2-4,10H,5-6H2,1H3,(H,15,18)(H,16,21)(H,19,20). The molecule has 1 saturated heterocycles. The zero-order valence-electron chi connectivity index (χ0n) is 11.2. The fraction of sp³-hybridized carbons (Fsp3) is 0.308. The third kappa shape index (κ3) is 3.28. The Morgan fingerprint density at radius 1 is 1.48 bits per heavy atom. The molecule has 1 aliphatic heterocycles. The highest BCUT2D eigenvalue weighted by atomic mass is 19.1. The molecule has 3 N–H and O–H groups in total. The van der Waals surface area contributed by atoms with Gasteiger partial charge in [0.05, 0.1) is 0 Å². The van der Waals surface area contributed by atoms with Crippen molar-refractivity contribution in [1.82, 2.24) is 10.2 Å². The molecule has 1 atom stereocenters. The molecule has 8 heteroatoms. The number of urea groups is 1. The Labute approximate surface area is 119 Å². The molecule has 1 aliphatic rings. The first-order chi connectivity index (χ1) is 9.88. The largest absolute Gasteiger partial charge is 0.480 e.